The van der Waals surface area contributed by atoms with Crippen LogP contribution in [0.5, 0.6) is 5.75 Å². The molecule has 1 N–H and O–H groups in total. The van der Waals surface area contributed by atoms with E-state index in [2.05, 4.69) is 76.5 Å². The Labute approximate surface area is 227 Å². The van der Waals surface area contributed by atoms with Crippen molar-refractivity contribution < 1.29 is 9.53 Å². The highest BCUT2D eigenvalue weighted by Gasteiger charge is 2.28. The van der Waals surface area contributed by atoms with Crippen LogP contribution in [0.15, 0.2) is 66.9 Å². The molecule has 0 saturated carbocycles. The number of nitrogens with zero attached hydrogens (tertiary/aromatic N) is 2. The lowest BCUT2D eigenvalue weighted by Gasteiger charge is -2.34. The Morgan fingerprint density at radius 3 is 2.29 bits per heavy atom. The number of pyridine rings is 1. The fraction of sp³-hybridized carbons (Fsp3) is 0.394. The molecule has 0 saturated heterocycles. The van der Waals surface area contributed by atoms with Crippen molar-refractivity contribution in [2.24, 2.45) is 5.41 Å². The number of esters is 1. The summed E-state index contributed by atoms with van der Waals surface area (Å²) in [4.78, 5) is 17.7. The molecule has 2 aromatic heterocycles. The Hall–Kier alpha value is -3.60. The highest BCUT2D eigenvalue weighted by Crippen LogP contribution is 2.35. The van der Waals surface area contributed by atoms with Gasteiger partial charge < -0.3 is 10.1 Å². The van der Waals surface area contributed by atoms with Crippen LogP contribution >= 0.6 is 0 Å². The first-order chi connectivity index (χ1) is 17.9. The average molecular weight is 512 g/mol. The first-order valence-corrected chi connectivity index (χ1v) is 13.6. The zero-order valence-corrected chi connectivity index (χ0v) is 23.9. The van der Waals surface area contributed by atoms with Gasteiger partial charge in [-0.15, -0.1) is 0 Å². The van der Waals surface area contributed by atoms with Crippen molar-refractivity contribution in [3.8, 4) is 17.0 Å². The van der Waals surface area contributed by atoms with Gasteiger partial charge in [0.05, 0.1) is 5.56 Å². The van der Waals surface area contributed by atoms with Gasteiger partial charge in [-0.25, -0.2) is 9.78 Å². The molecule has 4 rings (SSSR count). The highest BCUT2D eigenvalue weighted by atomic mass is 16.5. The standard InChI is InChI=1S/C33H41N3O2/c1-8-9-10-24-11-13-26(14-12-24)31(37)38-27-17-15-25(16-18-27)29-30(35-33(6,7)22-32(3,4)5)36-20-19-23(2)21-28(36)34-29/h11-21,35H,8-10,22H2,1-7H3. The predicted octanol–water partition coefficient (Wildman–Crippen LogP) is 8.50. The molecule has 0 unspecified atom stereocenters. The van der Waals surface area contributed by atoms with E-state index in [1.54, 1.807) is 0 Å². The van der Waals surface area contributed by atoms with E-state index in [4.69, 9.17) is 9.72 Å². The molecular weight excluding hydrogens is 470 g/mol. The zero-order valence-electron chi connectivity index (χ0n) is 23.9. The second-order valence-corrected chi connectivity index (χ2v) is 12.2. The second kappa shape index (κ2) is 11.0. The minimum absolute atomic E-state index is 0.143. The van der Waals surface area contributed by atoms with Crippen LogP contribution in [-0.2, 0) is 6.42 Å². The summed E-state index contributed by atoms with van der Waals surface area (Å²) in [6, 6.07) is 19.5. The molecule has 2 heterocycles. The van der Waals surface area contributed by atoms with E-state index in [1.807, 2.05) is 48.5 Å². The van der Waals surface area contributed by atoms with E-state index in [9.17, 15) is 4.79 Å². The molecule has 38 heavy (non-hydrogen) atoms. The van der Waals surface area contributed by atoms with Gasteiger partial charge in [-0.05, 0) is 105 Å². The Morgan fingerprint density at radius 1 is 0.974 bits per heavy atom. The normalized spacial score (nSPS) is 12.1. The van der Waals surface area contributed by atoms with E-state index in [0.717, 1.165) is 54.0 Å². The van der Waals surface area contributed by atoms with E-state index in [0.29, 0.717) is 11.3 Å². The summed E-state index contributed by atoms with van der Waals surface area (Å²) >= 11 is 0. The predicted molar refractivity (Wildman–Crippen MR) is 157 cm³/mol. The first kappa shape index (κ1) is 27.4. The summed E-state index contributed by atoms with van der Waals surface area (Å²) in [5.74, 6) is 1.12. The highest BCUT2D eigenvalue weighted by molar-refractivity contribution is 5.91. The van der Waals surface area contributed by atoms with Crippen LogP contribution in [0.25, 0.3) is 16.9 Å². The van der Waals surface area contributed by atoms with Gasteiger partial charge in [0.25, 0.3) is 0 Å². The van der Waals surface area contributed by atoms with Gasteiger partial charge in [0.15, 0.2) is 0 Å². The molecular formula is C33H41N3O2. The number of hydrogen-bond acceptors (Lipinski definition) is 4. The summed E-state index contributed by atoms with van der Waals surface area (Å²) in [6.45, 7) is 15.5. The van der Waals surface area contributed by atoms with Gasteiger partial charge in [-0.3, -0.25) is 4.40 Å². The summed E-state index contributed by atoms with van der Waals surface area (Å²) < 4.78 is 7.79. The van der Waals surface area contributed by atoms with Crippen molar-refractivity contribution in [3.63, 3.8) is 0 Å². The van der Waals surface area contributed by atoms with Crippen molar-refractivity contribution in [1.29, 1.82) is 0 Å². The minimum atomic E-state index is -0.353. The fourth-order valence-corrected chi connectivity index (χ4v) is 5.19. The quantitative estimate of drug-likeness (QED) is 0.181. The molecule has 0 aliphatic heterocycles. The molecule has 0 radical (unpaired) electrons. The third-order valence-electron chi connectivity index (χ3n) is 6.56. The average Bonchev–Trinajstić information content (AvgIpc) is 3.18. The summed E-state index contributed by atoms with van der Waals surface area (Å²) in [7, 11) is 0. The molecule has 5 nitrogen and oxygen atoms in total. The van der Waals surface area contributed by atoms with Crippen LogP contribution < -0.4 is 10.1 Å². The molecule has 0 amide bonds. The Kier molecular flexibility index (Phi) is 7.96. The van der Waals surface area contributed by atoms with Crippen LogP contribution in [0.3, 0.4) is 0 Å². The number of rotatable bonds is 9. The SMILES string of the molecule is CCCCc1ccc(C(=O)Oc2ccc(-c3nc4cc(C)ccn4c3NC(C)(C)CC(C)(C)C)cc2)cc1. The number of carbonyl (C=O) groups excluding carboxylic acids is 1. The molecule has 0 aliphatic rings. The fourth-order valence-electron chi connectivity index (χ4n) is 5.19. The number of benzene rings is 2. The maximum absolute atomic E-state index is 12.7. The molecule has 0 fully saturated rings. The minimum Gasteiger partial charge on any atom is -0.423 e. The van der Waals surface area contributed by atoms with Crippen LogP contribution in [0.2, 0.25) is 0 Å². The number of aromatic nitrogens is 2. The molecule has 200 valence electrons. The van der Waals surface area contributed by atoms with Crippen molar-refractivity contribution in [3.05, 3.63) is 83.6 Å². The van der Waals surface area contributed by atoms with E-state index >= 15 is 0 Å². The number of nitrogens with one attached hydrogen (secondary N) is 1. The summed E-state index contributed by atoms with van der Waals surface area (Å²) in [5.41, 5.74) is 5.72. The van der Waals surface area contributed by atoms with Crippen molar-refractivity contribution in [1.82, 2.24) is 9.38 Å². The van der Waals surface area contributed by atoms with Crippen LogP contribution in [0, 0.1) is 12.3 Å². The maximum Gasteiger partial charge on any atom is 0.343 e. The molecule has 0 bridgehead atoms. The topological polar surface area (TPSA) is 55.6 Å². The number of imidazole rings is 1. The lowest BCUT2D eigenvalue weighted by molar-refractivity contribution is 0.0734. The Morgan fingerprint density at radius 2 is 1.66 bits per heavy atom. The second-order valence-electron chi connectivity index (χ2n) is 12.2. The number of ether oxygens (including phenoxy) is 1. The van der Waals surface area contributed by atoms with Crippen LogP contribution in [0.1, 0.15) is 82.3 Å². The third-order valence-corrected chi connectivity index (χ3v) is 6.56. The maximum atomic E-state index is 12.7. The van der Waals surface area contributed by atoms with Crippen molar-refractivity contribution in [2.45, 2.75) is 79.7 Å². The third kappa shape index (κ3) is 6.83. The number of carbonyl (C=O) groups is 1. The largest absolute Gasteiger partial charge is 0.423 e. The van der Waals surface area contributed by atoms with Crippen LogP contribution in [-0.4, -0.2) is 20.9 Å². The van der Waals surface area contributed by atoms with Gasteiger partial charge in [0.1, 0.15) is 22.9 Å². The molecule has 4 aromatic rings. The van der Waals surface area contributed by atoms with Crippen LogP contribution in [0.4, 0.5) is 5.82 Å². The Bertz CT molecular complexity index is 1390. The van der Waals surface area contributed by atoms with E-state index < -0.39 is 0 Å². The first-order valence-electron chi connectivity index (χ1n) is 13.6. The summed E-state index contributed by atoms with van der Waals surface area (Å²) in [5, 5.41) is 3.78. The van der Waals surface area contributed by atoms with E-state index in [-0.39, 0.29) is 16.9 Å². The van der Waals surface area contributed by atoms with Crippen molar-refractivity contribution in [2.75, 3.05) is 5.32 Å². The number of hydrogen-bond donors (Lipinski definition) is 1. The van der Waals surface area contributed by atoms with Gasteiger partial charge in [0, 0.05) is 17.3 Å². The number of anilines is 1. The molecule has 0 aliphatic carbocycles. The van der Waals surface area contributed by atoms with Crippen molar-refractivity contribution >= 4 is 17.4 Å². The van der Waals surface area contributed by atoms with Gasteiger partial charge in [-0.2, -0.15) is 0 Å². The summed E-state index contributed by atoms with van der Waals surface area (Å²) in [6.07, 6.45) is 6.39. The van der Waals surface area contributed by atoms with E-state index in [1.165, 1.54) is 5.56 Å². The Balaban J connectivity index is 1.58. The lowest BCUT2D eigenvalue weighted by atomic mass is 9.82. The molecule has 0 spiro atoms. The zero-order chi connectivity index (χ0) is 27.5. The number of fused-ring (bicyclic) bond motifs is 1. The lowest BCUT2D eigenvalue weighted by Crippen LogP contribution is -2.36. The van der Waals surface area contributed by atoms with Gasteiger partial charge in [0.2, 0.25) is 0 Å². The van der Waals surface area contributed by atoms with Gasteiger partial charge >= 0.3 is 5.97 Å². The molecule has 0 atom stereocenters. The molecule has 2 aromatic carbocycles. The number of unbranched alkanes of at least 4 members (excludes halogenated alkanes) is 1. The van der Waals surface area contributed by atoms with Gasteiger partial charge in [-0.1, -0.05) is 46.2 Å². The number of aryl methyl sites for hydroxylation is 2. The smallest absolute Gasteiger partial charge is 0.343 e. The monoisotopic (exact) mass is 511 g/mol. The molecule has 5 heteroatoms.